The van der Waals surface area contributed by atoms with Crippen molar-refractivity contribution < 1.29 is 16.8 Å². The highest BCUT2D eigenvalue weighted by Crippen LogP contribution is 2.26. The largest absolute Gasteiger partial charge is 0.222 e. The minimum Gasteiger partial charge on any atom is -0.184 e. The van der Waals surface area contributed by atoms with Crippen LogP contribution in [0.2, 0.25) is 0 Å². The molecule has 4 nitrogen and oxygen atoms in total. The van der Waals surface area contributed by atoms with E-state index in [0.717, 1.165) is 5.57 Å². The van der Waals surface area contributed by atoms with Crippen molar-refractivity contribution in [3.05, 3.63) is 81.0 Å². The maximum Gasteiger partial charge on any atom is 0.222 e. The molecule has 0 saturated carbocycles. The lowest BCUT2D eigenvalue weighted by Crippen LogP contribution is -2.17. The molecule has 0 heterocycles. The maximum atomic E-state index is 11.2. The summed E-state index contributed by atoms with van der Waals surface area (Å²) in [6.07, 6.45) is 8.54. The molecule has 2 aliphatic carbocycles. The van der Waals surface area contributed by atoms with Gasteiger partial charge in [0.2, 0.25) is 20.6 Å². The van der Waals surface area contributed by atoms with E-state index in [1.807, 2.05) is 25.1 Å². The highest BCUT2D eigenvalue weighted by atomic mass is 127. The lowest BCUT2D eigenvalue weighted by Gasteiger charge is -2.18. The van der Waals surface area contributed by atoms with E-state index >= 15 is 0 Å². The number of fused-ring (bicyclic) bond motifs is 1. The van der Waals surface area contributed by atoms with Crippen molar-refractivity contribution in [1.82, 2.24) is 0 Å². The summed E-state index contributed by atoms with van der Waals surface area (Å²) < 4.78 is 46.0. The van der Waals surface area contributed by atoms with Crippen molar-refractivity contribution in [3.63, 3.8) is 0 Å². The van der Waals surface area contributed by atoms with Crippen LogP contribution in [0, 0.1) is 3.57 Å². The van der Waals surface area contributed by atoms with Gasteiger partial charge in [0.05, 0.1) is 0 Å². The van der Waals surface area contributed by atoms with Gasteiger partial charge >= 0.3 is 0 Å². The first-order valence-corrected chi connectivity index (χ1v) is 10.6. The van der Waals surface area contributed by atoms with E-state index in [2.05, 4.69) is 34.7 Å². The first kappa shape index (κ1) is 19.6. The van der Waals surface area contributed by atoms with Gasteiger partial charge in [-0.05, 0) is 64.9 Å². The van der Waals surface area contributed by atoms with E-state index in [4.69, 9.17) is 0 Å². The lowest BCUT2D eigenvalue weighted by molar-refractivity contribution is 0.625. The Morgan fingerprint density at radius 2 is 1.52 bits per heavy atom. The summed E-state index contributed by atoms with van der Waals surface area (Å²) >= 11 is 2.28. The highest BCUT2D eigenvalue weighted by molar-refractivity contribution is 14.1. The third-order valence-corrected chi connectivity index (χ3v) is 5.61. The molecule has 0 saturated heterocycles. The molecule has 0 spiro atoms. The standard InChI is InChI=1S/C12H10O4S2.C6H5I/c1-2-8-6-10-9(12(7-8)18(15)16)4-3-5-11(10)17(13)14;7-6-4-2-1-3-5-6/h3-7H,2H2,1H3;1-5H. The van der Waals surface area contributed by atoms with Crippen molar-refractivity contribution in [1.29, 1.82) is 0 Å². The quantitative estimate of drug-likeness (QED) is 0.452. The second kappa shape index (κ2) is 9.12. The SMILES string of the molecule is CCC1=CC(=S(=O)=O)C2=CC=CC(=S(=O)=O)C2=C1.Ic1ccccc1. The Kier molecular flexibility index (Phi) is 7.15. The highest BCUT2D eigenvalue weighted by Gasteiger charge is 2.22. The Morgan fingerprint density at radius 1 is 0.880 bits per heavy atom. The summed E-state index contributed by atoms with van der Waals surface area (Å²) in [6.45, 7) is 1.88. The average Bonchev–Trinajstić information content (AvgIpc) is 2.61. The fourth-order valence-electron chi connectivity index (χ4n) is 2.28. The van der Waals surface area contributed by atoms with E-state index in [-0.39, 0.29) is 9.73 Å². The van der Waals surface area contributed by atoms with Gasteiger partial charge < -0.3 is 0 Å². The predicted octanol–water partition coefficient (Wildman–Crippen LogP) is 3.15. The second-order valence-corrected chi connectivity index (χ2v) is 8.13. The van der Waals surface area contributed by atoms with Gasteiger partial charge in [-0.25, -0.2) is 0 Å². The molecule has 0 unspecified atom stereocenters. The summed E-state index contributed by atoms with van der Waals surface area (Å²) in [4.78, 5) is 0.256. The Bertz CT molecular complexity index is 1050. The van der Waals surface area contributed by atoms with Crippen molar-refractivity contribution in [3.8, 4) is 0 Å². The summed E-state index contributed by atoms with van der Waals surface area (Å²) in [6, 6.07) is 10.2. The number of allylic oxidation sites excluding steroid dienone is 8. The molecular formula is C18H15IO4S2. The third kappa shape index (κ3) is 5.13. The molecule has 130 valence electrons. The van der Waals surface area contributed by atoms with E-state index in [0.29, 0.717) is 17.6 Å². The Balaban J connectivity index is 0.000000269. The molecular weight excluding hydrogens is 471 g/mol. The monoisotopic (exact) mass is 486 g/mol. The van der Waals surface area contributed by atoms with Gasteiger partial charge in [0.15, 0.2) is 0 Å². The molecule has 0 aliphatic heterocycles. The van der Waals surface area contributed by atoms with Gasteiger partial charge in [0, 0.05) is 14.7 Å². The van der Waals surface area contributed by atoms with Gasteiger partial charge in [-0.2, -0.15) is 16.8 Å². The van der Waals surface area contributed by atoms with Crippen LogP contribution in [0.5, 0.6) is 0 Å². The zero-order valence-electron chi connectivity index (χ0n) is 13.3. The molecule has 25 heavy (non-hydrogen) atoms. The van der Waals surface area contributed by atoms with Crippen molar-refractivity contribution in [2.75, 3.05) is 0 Å². The molecule has 0 radical (unpaired) electrons. The summed E-state index contributed by atoms with van der Waals surface area (Å²) in [5.74, 6) is 0. The van der Waals surface area contributed by atoms with Crippen LogP contribution in [-0.4, -0.2) is 26.6 Å². The number of rotatable bonds is 1. The van der Waals surface area contributed by atoms with Crippen LogP contribution < -0.4 is 0 Å². The van der Waals surface area contributed by atoms with E-state index < -0.39 is 20.6 Å². The van der Waals surface area contributed by atoms with Crippen LogP contribution in [0.25, 0.3) is 0 Å². The normalized spacial score (nSPS) is 15.2. The van der Waals surface area contributed by atoms with Gasteiger partial charge in [-0.3, -0.25) is 0 Å². The van der Waals surface area contributed by atoms with E-state index in [9.17, 15) is 16.8 Å². The van der Waals surface area contributed by atoms with Crippen molar-refractivity contribution >= 4 is 52.9 Å². The molecule has 0 aromatic heterocycles. The minimum atomic E-state index is -2.39. The molecule has 1 aromatic carbocycles. The molecule has 0 fully saturated rings. The fraction of sp³-hybridized carbons (Fsp3) is 0.111. The molecule has 2 aliphatic rings. The number of halogens is 1. The summed E-state index contributed by atoms with van der Waals surface area (Å²) in [5, 5.41) is 0. The smallest absolute Gasteiger partial charge is 0.184 e. The lowest BCUT2D eigenvalue weighted by atomic mass is 9.88. The number of hydrogen-bond donors (Lipinski definition) is 0. The predicted molar refractivity (Wildman–Crippen MR) is 111 cm³/mol. The first-order valence-electron chi connectivity index (χ1n) is 7.38. The van der Waals surface area contributed by atoms with Crippen LogP contribution in [0.1, 0.15) is 13.3 Å². The van der Waals surface area contributed by atoms with Crippen LogP contribution in [0.3, 0.4) is 0 Å². The van der Waals surface area contributed by atoms with Gasteiger partial charge in [-0.1, -0.05) is 37.3 Å². The zero-order chi connectivity index (χ0) is 18.4. The molecule has 0 N–H and O–H groups in total. The van der Waals surface area contributed by atoms with Gasteiger partial charge in [-0.15, -0.1) is 0 Å². The van der Waals surface area contributed by atoms with Crippen LogP contribution >= 0.6 is 22.6 Å². The molecule has 0 atom stereocenters. The van der Waals surface area contributed by atoms with Crippen molar-refractivity contribution in [2.24, 2.45) is 0 Å². The zero-order valence-corrected chi connectivity index (χ0v) is 17.1. The van der Waals surface area contributed by atoms with Crippen LogP contribution in [-0.2, 0) is 20.6 Å². The topological polar surface area (TPSA) is 68.3 Å². The first-order chi connectivity index (χ1) is 11.9. The summed E-state index contributed by atoms with van der Waals surface area (Å²) in [5.41, 5.74) is 1.67. The Hall–Kier alpha value is -1.71. The maximum absolute atomic E-state index is 11.2. The van der Waals surface area contributed by atoms with Crippen molar-refractivity contribution in [2.45, 2.75) is 13.3 Å². The van der Waals surface area contributed by atoms with E-state index in [1.54, 1.807) is 18.2 Å². The minimum absolute atomic E-state index is 0.120. The Morgan fingerprint density at radius 3 is 2.00 bits per heavy atom. The summed E-state index contributed by atoms with van der Waals surface area (Å²) in [7, 11) is -4.77. The Labute approximate surface area is 163 Å². The third-order valence-electron chi connectivity index (χ3n) is 3.48. The van der Waals surface area contributed by atoms with Crippen LogP contribution in [0.4, 0.5) is 0 Å². The van der Waals surface area contributed by atoms with Gasteiger partial charge in [0.25, 0.3) is 0 Å². The molecule has 0 bridgehead atoms. The number of hydrogen-bond acceptors (Lipinski definition) is 4. The number of benzene rings is 1. The van der Waals surface area contributed by atoms with Crippen LogP contribution in [0.15, 0.2) is 77.4 Å². The van der Waals surface area contributed by atoms with Gasteiger partial charge in [0.1, 0.15) is 9.73 Å². The van der Waals surface area contributed by atoms with E-state index in [1.165, 1.54) is 15.7 Å². The molecule has 7 heteroatoms. The molecule has 1 aromatic rings. The second-order valence-electron chi connectivity index (χ2n) is 5.06. The molecule has 3 rings (SSSR count). The fourth-order valence-corrected chi connectivity index (χ4v) is 3.84. The average molecular weight is 486 g/mol. The molecule has 0 amide bonds.